The van der Waals surface area contributed by atoms with Gasteiger partial charge in [0.2, 0.25) is 21.8 Å². The van der Waals surface area contributed by atoms with Crippen molar-refractivity contribution in [1.82, 2.24) is 14.5 Å². The predicted octanol–water partition coefficient (Wildman–Crippen LogP) is 1.66. The summed E-state index contributed by atoms with van der Waals surface area (Å²) >= 11 is 0. The highest BCUT2D eigenvalue weighted by Gasteiger charge is 2.29. The van der Waals surface area contributed by atoms with Crippen LogP contribution < -0.4 is 5.32 Å². The number of aryl methyl sites for hydroxylation is 1. The summed E-state index contributed by atoms with van der Waals surface area (Å²) in [6.07, 6.45) is 2.12. The van der Waals surface area contributed by atoms with Gasteiger partial charge in [-0.2, -0.15) is 0 Å². The molecule has 25 heavy (non-hydrogen) atoms. The van der Waals surface area contributed by atoms with Gasteiger partial charge >= 0.3 is 6.01 Å². The first-order valence-corrected chi connectivity index (χ1v) is 9.84. The van der Waals surface area contributed by atoms with Crippen LogP contribution in [-0.2, 0) is 14.8 Å². The molecule has 9 heteroatoms. The maximum Gasteiger partial charge on any atom is 0.322 e. The molecule has 1 fully saturated rings. The Morgan fingerprint density at radius 2 is 1.84 bits per heavy atom. The molecule has 0 saturated carbocycles. The largest absolute Gasteiger partial charge is 0.403 e. The first-order chi connectivity index (χ1) is 11.8. The van der Waals surface area contributed by atoms with Gasteiger partial charge in [0.05, 0.1) is 6.26 Å². The van der Waals surface area contributed by atoms with Crippen molar-refractivity contribution in [3.8, 4) is 11.5 Å². The molecule has 1 amide bonds. The Kier molecular flexibility index (Phi) is 4.87. The summed E-state index contributed by atoms with van der Waals surface area (Å²) in [6, 6.07) is 7.66. The van der Waals surface area contributed by atoms with Gasteiger partial charge in [0, 0.05) is 24.6 Å². The zero-order valence-corrected chi connectivity index (χ0v) is 14.9. The fourth-order valence-electron chi connectivity index (χ4n) is 2.74. The second-order valence-corrected chi connectivity index (χ2v) is 8.19. The third-order valence-electron chi connectivity index (χ3n) is 4.25. The van der Waals surface area contributed by atoms with Crippen LogP contribution in [0, 0.1) is 12.8 Å². The Hall–Kier alpha value is -2.26. The summed E-state index contributed by atoms with van der Waals surface area (Å²) in [6.45, 7) is 2.67. The van der Waals surface area contributed by atoms with Gasteiger partial charge in [-0.1, -0.05) is 22.8 Å². The number of aromatic nitrogens is 2. The summed E-state index contributed by atoms with van der Waals surface area (Å²) < 4.78 is 29.9. The second kappa shape index (κ2) is 6.93. The van der Waals surface area contributed by atoms with E-state index in [1.807, 2.05) is 31.2 Å². The fraction of sp³-hybridized carbons (Fsp3) is 0.438. The molecule has 0 atom stereocenters. The molecule has 8 nitrogen and oxygen atoms in total. The highest BCUT2D eigenvalue weighted by molar-refractivity contribution is 7.88. The molecular weight excluding hydrogens is 344 g/mol. The highest BCUT2D eigenvalue weighted by atomic mass is 32.2. The molecule has 1 saturated heterocycles. The minimum Gasteiger partial charge on any atom is -0.403 e. The Morgan fingerprint density at radius 3 is 2.44 bits per heavy atom. The van der Waals surface area contributed by atoms with Gasteiger partial charge in [-0.3, -0.25) is 10.1 Å². The first kappa shape index (κ1) is 17.6. The molecule has 0 unspecified atom stereocenters. The number of nitrogens with one attached hydrogen (secondary N) is 1. The molecule has 0 bridgehead atoms. The topological polar surface area (TPSA) is 105 Å². The molecular formula is C16H20N4O4S. The molecule has 1 N–H and O–H groups in total. The van der Waals surface area contributed by atoms with Gasteiger partial charge in [0.25, 0.3) is 0 Å². The summed E-state index contributed by atoms with van der Waals surface area (Å²) in [7, 11) is -3.20. The number of carbonyl (C=O) groups excluding carboxylic acids is 1. The SMILES string of the molecule is Cc1ccc(-c2nnc(NC(=O)C3CCN(S(C)(=O)=O)CC3)o2)cc1. The molecule has 134 valence electrons. The number of carbonyl (C=O) groups is 1. The Bertz CT molecular complexity index is 853. The average Bonchev–Trinajstić information content (AvgIpc) is 3.03. The van der Waals surface area contributed by atoms with Crippen molar-refractivity contribution in [3.05, 3.63) is 29.8 Å². The number of sulfonamides is 1. The maximum atomic E-state index is 12.3. The van der Waals surface area contributed by atoms with Crippen LogP contribution in [0.3, 0.4) is 0 Å². The van der Waals surface area contributed by atoms with Gasteiger partial charge in [0.1, 0.15) is 0 Å². The monoisotopic (exact) mass is 364 g/mol. The van der Waals surface area contributed by atoms with Gasteiger partial charge in [-0.05, 0) is 31.9 Å². The molecule has 2 aromatic rings. The number of anilines is 1. The Balaban J connectivity index is 1.60. The fourth-order valence-corrected chi connectivity index (χ4v) is 3.62. The zero-order valence-electron chi connectivity index (χ0n) is 14.1. The van der Waals surface area contributed by atoms with Crippen molar-refractivity contribution in [3.63, 3.8) is 0 Å². The first-order valence-electron chi connectivity index (χ1n) is 7.99. The van der Waals surface area contributed by atoms with Crippen LogP contribution in [0.5, 0.6) is 0 Å². The van der Waals surface area contributed by atoms with Gasteiger partial charge in [0.15, 0.2) is 0 Å². The zero-order chi connectivity index (χ0) is 18.0. The second-order valence-electron chi connectivity index (χ2n) is 6.20. The summed E-state index contributed by atoms with van der Waals surface area (Å²) in [4.78, 5) is 12.3. The van der Waals surface area contributed by atoms with Gasteiger partial charge in [-0.15, -0.1) is 5.10 Å². The number of nitrogens with zero attached hydrogens (tertiary/aromatic N) is 3. The Labute approximate surface area is 146 Å². The van der Waals surface area contributed by atoms with Crippen molar-refractivity contribution in [2.45, 2.75) is 19.8 Å². The number of rotatable bonds is 4. The Morgan fingerprint density at radius 1 is 1.20 bits per heavy atom. The predicted molar refractivity (Wildman–Crippen MR) is 92.2 cm³/mol. The van der Waals surface area contributed by atoms with E-state index in [0.717, 1.165) is 11.1 Å². The molecule has 0 aliphatic carbocycles. The van der Waals surface area contributed by atoms with E-state index in [0.29, 0.717) is 31.8 Å². The van der Waals surface area contributed by atoms with E-state index in [4.69, 9.17) is 4.42 Å². The highest BCUT2D eigenvalue weighted by Crippen LogP contribution is 2.23. The summed E-state index contributed by atoms with van der Waals surface area (Å²) in [5, 5.41) is 10.4. The minimum absolute atomic E-state index is 0.0473. The molecule has 2 heterocycles. The van der Waals surface area contributed by atoms with Crippen LogP contribution in [-0.4, -0.2) is 48.2 Å². The molecule has 1 aliphatic rings. The van der Waals surface area contributed by atoms with Crippen molar-refractivity contribution in [2.75, 3.05) is 24.7 Å². The van der Waals surface area contributed by atoms with Crippen LogP contribution in [0.2, 0.25) is 0 Å². The van der Waals surface area contributed by atoms with E-state index in [1.54, 1.807) is 0 Å². The van der Waals surface area contributed by atoms with Crippen LogP contribution >= 0.6 is 0 Å². The van der Waals surface area contributed by atoms with Gasteiger partial charge in [-0.25, -0.2) is 12.7 Å². The lowest BCUT2D eigenvalue weighted by atomic mass is 9.97. The number of amides is 1. The number of hydrogen-bond donors (Lipinski definition) is 1. The van der Waals surface area contributed by atoms with Crippen molar-refractivity contribution >= 4 is 21.9 Å². The standard InChI is InChI=1S/C16H20N4O4S/c1-11-3-5-13(6-4-11)15-18-19-16(24-15)17-14(21)12-7-9-20(10-8-12)25(2,22)23/h3-6,12H,7-10H2,1-2H3,(H,17,19,21). The quantitative estimate of drug-likeness (QED) is 0.884. The third-order valence-corrected chi connectivity index (χ3v) is 5.55. The van der Waals surface area contributed by atoms with E-state index < -0.39 is 10.0 Å². The maximum absolute atomic E-state index is 12.3. The van der Waals surface area contributed by atoms with Crippen LogP contribution in [0.15, 0.2) is 28.7 Å². The minimum atomic E-state index is -3.20. The van der Waals surface area contributed by atoms with E-state index in [2.05, 4.69) is 15.5 Å². The lowest BCUT2D eigenvalue weighted by molar-refractivity contribution is -0.121. The smallest absolute Gasteiger partial charge is 0.322 e. The number of piperidine rings is 1. The molecule has 1 aromatic carbocycles. The normalized spacial score (nSPS) is 16.7. The number of hydrogen-bond acceptors (Lipinski definition) is 6. The molecule has 0 spiro atoms. The summed E-state index contributed by atoms with van der Waals surface area (Å²) in [5.41, 5.74) is 1.90. The van der Waals surface area contributed by atoms with Crippen molar-refractivity contribution in [1.29, 1.82) is 0 Å². The van der Waals surface area contributed by atoms with Crippen LogP contribution in [0.1, 0.15) is 18.4 Å². The molecule has 0 radical (unpaired) electrons. The van der Waals surface area contributed by atoms with Crippen LogP contribution in [0.4, 0.5) is 6.01 Å². The van der Waals surface area contributed by atoms with E-state index >= 15 is 0 Å². The van der Waals surface area contributed by atoms with Crippen molar-refractivity contribution < 1.29 is 17.6 Å². The van der Waals surface area contributed by atoms with E-state index in [9.17, 15) is 13.2 Å². The van der Waals surface area contributed by atoms with Crippen LogP contribution in [0.25, 0.3) is 11.5 Å². The van der Waals surface area contributed by atoms with Gasteiger partial charge < -0.3 is 4.42 Å². The average molecular weight is 364 g/mol. The molecule has 3 rings (SSSR count). The lowest BCUT2D eigenvalue weighted by Crippen LogP contribution is -2.40. The van der Waals surface area contributed by atoms with Crippen molar-refractivity contribution in [2.24, 2.45) is 5.92 Å². The number of benzene rings is 1. The third kappa shape index (κ3) is 4.23. The summed E-state index contributed by atoms with van der Waals surface area (Å²) in [5.74, 6) is -0.165. The molecule has 1 aromatic heterocycles. The lowest BCUT2D eigenvalue weighted by Gasteiger charge is -2.29. The van der Waals surface area contributed by atoms with E-state index in [-0.39, 0.29) is 17.8 Å². The molecule has 1 aliphatic heterocycles. The van der Waals surface area contributed by atoms with E-state index in [1.165, 1.54) is 10.6 Å².